The molecule has 0 bridgehead atoms. The van der Waals surface area contributed by atoms with Crippen molar-refractivity contribution in [3.63, 3.8) is 0 Å². The van der Waals surface area contributed by atoms with Crippen LogP contribution in [0.15, 0.2) is 40.9 Å². The largest absolute Gasteiger partial charge is 0.496 e. The SMILES string of the molecule is COc1ccc(-c2nc3c(CN)cccc3n2C)cc1Br. The third-order valence-electron chi connectivity index (χ3n) is 3.62. The van der Waals surface area contributed by atoms with Crippen molar-refractivity contribution in [2.75, 3.05) is 7.11 Å². The summed E-state index contributed by atoms with van der Waals surface area (Å²) < 4.78 is 8.27. The lowest BCUT2D eigenvalue weighted by Crippen LogP contribution is -1.97. The summed E-state index contributed by atoms with van der Waals surface area (Å²) in [6.45, 7) is 0.486. The Labute approximate surface area is 131 Å². The molecule has 2 aromatic carbocycles. The van der Waals surface area contributed by atoms with Crippen molar-refractivity contribution in [2.24, 2.45) is 12.8 Å². The number of imidazole rings is 1. The first-order chi connectivity index (χ1) is 10.2. The number of rotatable bonds is 3. The fraction of sp³-hybridized carbons (Fsp3) is 0.188. The maximum atomic E-state index is 5.80. The maximum Gasteiger partial charge on any atom is 0.140 e. The average Bonchev–Trinajstić information content (AvgIpc) is 2.84. The smallest absolute Gasteiger partial charge is 0.140 e. The van der Waals surface area contributed by atoms with Gasteiger partial charge in [-0.05, 0) is 45.8 Å². The van der Waals surface area contributed by atoms with Gasteiger partial charge in [-0.1, -0.05) is 12.1 Å². The van der Waals surface area contributed by atoms with E-state index in [-0.39, 0.29) is 0 Å². The number of hydrogen-bond acceptors (Lipinski definition) is 3. The van der Waals surface area contributed by atoms with Gasteiger partial charge >= 0.3 is 0 Å². The summed E-state index contributed by atoms with van der Waals surface area (Å²) in [6.07, 6.45) is 0. The molecule has 0 atom stereocenters. The second-order valence-corrected chi connectivity index (χ2v) is 5.69. The molecule has 0 spiro atoms. The summed E-state index contributed by atoms with van der Waals surface area (Å²) in [7, 11) is 3.67. The van der Waals surface area contributed by atoms with E-state index in [0.717, 1.165) is 38.2 Å². The molecule has 108 valence electrons. The Morgan fingerprint density at radius 1 is 1.29 bits per heavy atom. The van der Waals surface area contributed by atoms with Crippen molar-refractivity contribution < 1.29 is 4.74 Å². The van der Waals surface area contributed by atoms with Gasteiger partial charge in [0.2, 0.25) is 0 Å². The minimum absolute atomic E-state index is 0.486. The molecule has 2 N–H and O–H groups in total. The molecule has 5 heteroatoms. The highest BCUT2D eigenvalue weighted by molar-refractivity contribution is 9.10. The first kappa shape index (κ1) is 14.1. The molecule has 0 saturated carbocycles. The molecular weight excluding hydrogens is 330 g/mol. The Kier molecular flexibility index (Phi) is 3.69. The van der Waals surface area contributed by atoms with Crippen LogP contribution in [-0.4, -0.2) is 16.7 Å². The van der Waals surface area contributed by atoms with Crippen LogP contribution >= 0.6 is 15.9 Å². The fourth-order valence-electron chi connectivity index (χ4n) is 2.50. The van der Waals surface area contributed by atoms with Crippen LogP contribution < -0.4 is 10.5 Å². The zero-order chi connectivity index (χ0) is 15.0. The Morgan fingerprint density at radius 3 is 2.76 bits per heavy atom. The second-order valence-electron chi connectivity index (χ2n) is 4.83. The van der Waals surface area contributed by atoms with E-state index < -0.39 is 0 Å². The van der Waals surface area contributed by atoms with Crippen LogP contribution in [0, 0.1) is 0 Å². The number of nitrogens with two attached hydrogens (primary N) is 1. The van der Waals surface area contributed by atoms with Crippen molar-refractivity contribution >= 4 is 27.0 Å². The van der Waals surface area contributed by atoms with Gasteiger partial charge in [0.25, 0.3) is 0 Å². The molecule has 4 nitrogen and oxygen atoms in total. The summed E-state index contributed by atoms with van der Waals surface area (Å²) in [5, 5.41) is 0. The van der Waals surface area contributed by atoms with E-state index in [0.29, 0.717) is 6.54 Å². The van der Waals surface area contributed by atoms with E-state index in [1.807, 2.05) is 37.4 Å². The van der Waals surface area contributed by atoms with E-state index in [4.69, 9.17) is 15.5 Å². The van der Waals surface area contributed by atoms with Crippen LogP contribution in [0.5, 0.6) is 5.75 Å². The summed E-state index contributed by atoms with van der Waals surface area (Å²) in [4.78, 5) is 4.77. The summed E-state index contributed by atoms with van der Waals surface area (Å²) >= 11 is 3.52. The van der Waals surface area contributed by atoms with Crippen molar-refractivity contribution in [2.45, 2.75) is 6.54 Å². The minimum atomic E-state index is 0.486. The lowest BCUT2D eigenvalue weighted by atomic mass is 10.2. The highest BCUT2D eigenvalue weighted by atomic mass is 79.9. The van der Waals surface area contributed by atoms with E-state index in [2.05, 4.69) is 26.6 Å². The lowest BCUT2D eigenvalue weighted by Gasteiger charge is -2.06. The third kappa shape index (κ3) is 2.32. The predicted octanol–water partition coefficient (Wildman–Crippen LogP) is 3.47. The van der Waals surface area contributed by atoms with E-state index >= 15 is 0 Å². The number of methoxy groups -OCH3 is 1. The van der Waals surface area contributed by atoms with E-state index in [9.17, 15) is 0 Å². The predicted molar refractivity (Wildman–Crippen MR) is 88.3 cm³/mol. The molecular formula is C16H16BrN3O. The molecule has 0 unspecified atom stereocenters. The molecule has 0 aliphatic heterocycles. The minimum Gasteiger partial charge on any atom is -0.496 e. The Morgan fingerprint density at radius 2 is 2.10 bits per heavy atom. The number of hydrogen-bond donors (Lipinski definition) is 1. The first-order valence-corrected chi connectivity index (χ1v) is 7.43. The van der Waals surface area contributed by atoms with Gasteiger partial charge < -0.3 is 15.0 Å². The number of benzene rings is 2. The van der Waals surface area contributed by atoms with E-state index in [1.54, 1.807) is 7.11 Å². The molecule has 0 radical (unpaired) electrons. The van der Waals surface area contributed by atoms with Gasteiger partial charge in [-0.3, -0.25) is 0 Å². The maximum absolute atomic E-state index is 5.80. The van der Waals surface area contributed by atoms with Gasteiger partial charge in [-0.15, -0.1) is 0 Å². The van der Waals surface area contributed by atoms with Crippen LogP contribution in [-0.2, 0) is 13.6 Å². The quantitative estimate of drug-likeness (QED) is 0.790. The number of fused-ring (bicyclic) bond motifs is 1. The highest BCUT2D eigenvalue weighted by Gasteiger charge is 2.13. The van der Waals surface area contributed by atoms with Gasteiger partial charge in [0.05, 0.1) is 22.6 Å². The molecule has 3 rings (SSSR count). The normalized spacial score (nSPS) is 11.0. The Bertz CT molecular complexity index is 811. The van der Waals surface area contributed by atoms with Gasteiger partial charge in [0.1, 0.15) is 11.6 Å². The number of aromatic nitrogens is 2. The van der Waals surface area contributed by atoms with Gasteiger partial charge in [-0.2, -0.15) is 0 Å². The van der Waals surface area contributed by atoms with Gasteiger partial charge in [0, 0.05) is 19.2 Å². The van der Waals surface area contributed by atoms with Crippen molar-refractivity contribution in [1.29, 1.82) is 0 Å². The number of aryl methyl sites for hydroxylation is 1. The van der Waals surface area contributed by atoms with Crippen molar-refractivity contribution in [3.05, 3.63) is 46.4 Å². The first-order valence-electron chi connectivity index (χ1n) is 6.64. The third-order valence-corrected chi connectivity index (χ3v) is 4.24. The van der Waals surface area contributed by atoms with Crippen LogP contribution in [0.2, 0.25) is 0 Å². The molecule has 0 fully saturated rings. The number of para-hydroxylation sites is 1. The van der Waals surface area contributed by atoms with Crippen LogP contribution in [0.4, 0.5) is 0 Å². The summed E-state index contributed by atoms with van der Waals surface area (Å²) in [5.74, 6) is 1.72. The highest BCUT2D eigenvalue weighted by Crippen LogP contribution is 2.31. The van der Waals surface area contributed by atoms with Crippen LogP contribution in [0.3, 0.4) is 0 Å². The monoisotopic (exact) mass is 345 g/mol. The van der Waals surface area contributed by atoms with Crippen LogP contribution in [0.1, 0.15) is 5.56 Å². The summed E-state index contributed by atoms with van der Waals surface area (Å²) in [6, 6.07) is 12.0. The van der Waals surface area contributed by atoms with Crippen molar-refractivity contribution in [1.82, 2.24) is 9.55 Å². The number of halogens is 1. The zero-order valence-electron chi connectivity index (χ0n) is 11.9. The molecule has 1 heterocycles. The molecule has 3 aromatic rings. The topological polar surface area (TPSA) is 53.1 Å². The van der Waals surface area contributed by atoms with Crippen molar-refractivity contribution in [3.8, 4) is 17.1 Å². The molecule has 0 saturated heterocycles. The second kappa shape index (κ2) is 5.50. The fourth-order valence-corrected chi connectivity index (χ4v) is 3.04. The van der Waals surface area contributed by atoms with Crippen LogP contribution in [0.25, 0.3) is 22.4 Å². The number of nitrogens with zero attached hydrogens (tertiary/aromatic N) is 2. The Hall–Kier alpha value is -1.85. The zero-order valence-corrected chi connectivity index (χ0v) is 13.5. The number of ether oxygens (including phenoxy) is 1. The molecule has 1 aromatic heterocycles. The van der Waals surface area contributed by atoms with E-state index in [1.165, 1.54) is 0 Å². The molecule has 0 aliphatic rings. The summed E-state index contributed by atoms with van der Waals surface area (Å²) in [5.41, 5.74) is 9.94. The van der Waals surface area contributed by atoms with Gasteiger partial charge in [-0.25, -0.2) is 4.98 Å². The standard InChI is InChI=1S/C16H16BrN3O/c1-20-13-5-3-4-11(9-18)15(13)19-16(20)10-6-7-14(21-2)12(17)8-10/h3-8H,9,18H2,1-2H3. The average molecular weight is 346 g/mol. The Balaban J connectivity index is 2.21. The molecule has 0 aliphatic carbocycles. The molecule has 0 amide bonds. The van der Waals surface area contributed by atoms with Gasteiger partial charge in [0.15, 0.2) is 0 Å². The molecule has 21 heavy (non-hydrogen) atoms. The lowest BCUT2D eigenvalue weighted by molar-refractivity contribution is 0.412.